The monoisotopic (exact) mass is 153 g/mol. The van der Waals surface area contributed by atoms with Gasteiger partial charge in [0, 0.05) is 0 Å². The highest BCUT2D eigenvalue weighted by atomic mass is 16.4. The van der Waals surface area contributed by atoms with E-state index in [-0.39, 0.29) is 0 Å². The molecule has 1 aromatic rings. The second-order valence-corrected chi connectivity index (χ2v) is 2.32. The summed E-state index contributed by atoms with van der Waals surface area (Å²) in [4.78, 5) is 7.90. The Balaban J connectivity index is 2.58. The van der Waals surface area contributed by atoms with Crippen molar-refractivity contribution in [2.24, 2.45) is 10.7 Å². The van der Waals surface area contributed by atoms with E-state index in [1.807, 2.05) is 6.92 Å². The van der Waals surface area contributed by atoms with E-state index in [1.54, 1.807) is 13.1 Å². The van der Waals surface area contributed by atoms with Gasteiger partial charge in [-0.1, -0.05) is 0 Å². The Morgan fingerprint density at radius 3 is 3.00 bits per heavy atom. The molecule has 1 aromatic heterocycles. The lowest BCUT2D eigenvalue weighted by molar-refractivity contribution is 0.474. The molecule has 0 saturated carbocycles. The maximum atomic E-state index is 5.33. The number of aryl methyl sites for hydroxylation is 1. The van der Waals surface area contributed by atoms with Gasteiger partial charge >= 0.3 is 0 Å². The first-order valence-electron chi connectivity index (χ1n) is 3.36. The summed E-state index contributed by atoms with van der Waals surface area (Å²) >= 11 is 0. The van der Waals surface area contributed by atoms with E-state index in [4.69, 9.17) is 10.2 Å². The number of nitrogens with zero attached hydrogens (tertiary/aromatic N) is 2. The van der Waals surface area contributed by atoms with Gasteiger partial charge in [-0.2, -0.15) is 0 Å². The number of aliphatic imine (C=N–C) groups is 1. The Morgan fingerprint density at radius 2 is 2.55 bits per heavy atom. The van der Waals surface area contributed by atoms with Gasteiger partial charge in [-0.25, -0.2) is 4.98 Å². The predicted molar refractivity (Wildman–Crippen MR) is 42.2 cm³/mol. The molecule has 0 saturated heterocycles. The molecule has 11 heavy (non-hydrogen) atoms. The van der Waals surface area contributed by atoms with Gasteiger partial charge in [0.05, 0.1) is 12.0 Å². The van der Waals surface area contributed by atoms with E-state index in [1.165, 1.54) is 0 Å². The second kappa shape index (κ2) is 3.18. The summed E-state index contributed by atoms with van der Waals surface area (Å²) in [6.07, 6.45) is 1.66. The minimum Gasteiger partial charge on any atom is -0.444 e. The molecular formula is C7H11N3O. The summed E-state index contributed by atoms with van der Waals surface area (Å²) in [6.45, 7) is 4.00. The third kappa shape index (κ3) is 2.41. The van der Waals surface area contributed by atoms with Gasteiger partial charge in [-0.3, -0.25) is 4.99 Å². The molecule has 60 valence electrons. The molecule has 0 amide bonds. The van der Waals surface area contributed by atoms with Crippen molar-refractivity contribution in [1.82, 2.24) is 4.98 Å². The Kier molecular flexibility index (Phi) is 2.25. The standard InChI is InChI=1S/C7H11N3O/c1-5-3-10-7(11-5)4-9-6(2)8/h3H,4H2,1-2H3,(H2,8,9). The van der Waals surface area contributed by atoms with Crippen molar-refractivity contribution in [3.63, 3.8) is 0 Å². The van der Waals surface area contributed by atoms with Crippen molar-refractivity contribution in [3.05, 3.63) is 17.8 Å². The van der Waals surface area contributed by atoms with Gasteiger partial charge in [0.15, 0.2) is 0 Å². The summed E-state index contributed by atoms with van der Waals surface area (Å²) in [5, 5.41) is 0. The molecule has 0 aliphatic carbocycles. The predicted octanol–water partition coefficient (Wildman–Crippen LogP) is 0.860. The average Bonchev–Trinajstić information content (AvgIpc) is 2.31. The number of nitrogens with two attached hydrogens (primary N) is 1. The molecule has 0 unspecified atom stereocenters. The molecule has 0 aliphatic rings. The van der Waals surface area contributed by atoms with Crippen molar-refractivity contribution in [3.8, 4) is 0 Å². The summed E-state index contributed by atoms with van der Waals surface area (Å²) in [7, 11) is 0. The fourth-order valence-electron chi connectivity index (χ4n) is 0.667. The van der Waals surface area contributed by atoms with E-state index in [0.717, 1.165) is 5.76 Å². The Bertz CT molecular complexity index is 260. The zero-order chi connectivity index (χ0) is 8.27. The molecule has 1 rings (SSSR count). The van der Waals surface area contributed by atoms with Gasteiger partial charge in [0.25, 0.3) is 0 Å². The van der Waals surface area contributed by atoms with Crippen LogP contribution in [0.4, 0.5) is 0 Å². The second-order valence-electron chi connectivity index (χ2n) is 2.32. The highest BCUT2D eigenvalue weighted by Gasteiger charge is 1.96. The number of rotatable bonds is 2. The number of hydrogen-bond acceptors (Lipinski definition) is 3. The Hall–Kier alpha value is -1.32. The van der Waals surface area contributed by atoms with Crippen LogP contribution in [-0.2, 0) is 6.54 Å². The van der Waals surface area contributed by atoms with E-state index in [0.29, 0.717) is 18.3 Å². The molecule has 0 spiro atoms. The van der Waals surface area contributed by atoms with Crippen molar-refractivity contribution in [2.75, 3.05) is 0 Å². The van der Waals surface area contributed by atoms with Gasteiger partial charge in [0.2, 0.25) is 5.89 Å². The van der Waals surface area contributed by atoms with E-state index in [2.05, 4.69) is 9.98 Å². The summed E-state index contributed by atoms with van der Waals surface area (Å²) in [5.74, 6) is 1.94. The lowest BCUT2D eigenvalue weighted by Gasteiger charge is -1.88. The van der Waals surface area contributed by atoms with Crippen LogP contribution in [0.5, 0.6) is 0 Å². The average molecular weight is 153 g/mol. The van der Waals surface area contributed by atoms with E-state index >= 15 is 0 Å². The third-order valence-electron chi connectivity index (χ3n) is 1.13. The quantitative estimate of drug-likeness (QED) is 0.506. The lowest BCUT2D eigenvalue weighted by Crippen LogP contribution is -2.05. The van der Waals surface area contributed by atoms with Crippen molar-refractivity contribution in [2.45, 2.75) is 20.4 Å². The van der Waals surface area contributed by atoms with Gasteiger partial charge in [0.1, 0.15) is 12.3 Å². The normalized spacial score (nSPS) is 12.0. The van der Waals surface area contributed by atoms with Crippen molar-refractivity contribution in [1.29, 1.82) is 0 Å². The molecule has 0 fully saturated rings. The SMILES string of the molecule is CC(N)=NCc1ncc(C)o1. The van der Waals surface area contributed by atoms with Crippen LogP contribution in [0.3, 0.4) is 0 Å². The van der Waals surface area contributed by atoms with Crippen LogP contribution in [0.15, 0.2) is 15.6 Å². The largest absolute Gasteiger partial charge is 0.444 e. The molecule has 1 heterocycles. The van der Waals surface area contributed by atoms with Gasteiger partial charge < -0.3 is 10.2 Å². The Morgan fingerprint density at radius 1 is 1.82 bits per heavy atom. The summed E-state index contributed by atoms with van der Waals surface area (Å²) < 4.78 is 5.16. The van der Waals surface area contributed by atoms with Crippen LogP contribution in [0.2, 0.25) is 0 Å². The Labute approximate surface area is 65.1 Å². The summed E-state index contributed by atoms with van der Waals surface area (Å²) in [6, 6.07) is 0. The zero-order valence-corrected chi connectivity index (χ0v) is 6.66. The minimum atomic E-state index is 0.427. The molecular weight excluding hydrogens is 142 g/mol. The molecule has 2 N–H and O–H groups in total. The molecule has 4 heteroatoms. The number of amidine groups is 1. The highest BCUT2D eigenvalue weighted by Crippen LogP contribution is 2.02. The molecule has 0 aromatic carbocycles. The molecule has 4 nitrogen and oxygen atoms in total. The number of aromatic nitrogens is 1. The third-order valence-corrected chi connectivity index (χ3v) is 1.13. The molecule has 0 radical (unpaired) electrons. The smallest absolute Gasteiger partial charge is 0.216 e. The van der Waals surface area contributed by atoms with Gasteiger partial charge in [-0.15, -0.1) is 0 Å². The fourth-order valence-corrected chi connectivity index (χ4v) is 0.667. The zero-order valence-electron chi connectivity index (χ0n) is 6.66. The maximum absolute atomic E-state index is 5.33. The maximum Gasteiger partial charge on any atom is 0.216 e. The first-order valence-corrected chi connectivity index (χ1v) is 3.36. The van der Waals surface area contributed by atoms with Crippen LogP contribution < -0.4 is 5.73 Å². The first-order chi connectivity index (χ1) is 5.18. The minimum absolute atomic E-state index is 0.427. The van der Waals surface area contributed by atoms with Crippen LogP contribution in [0.25, 0.3) is 0 Å². The molecule has 0 aliphatic heterocycles. The number of oxazole rings is 1. The lowest BCUT2D eigenvalue weighted by atomic mass is 10.6. The first kappa shape index (κ1) is 7.78. The van der Waals surface area contributed by atoms with Crippen molar-refractivity contribution >= 4 is 5.84 Å². The van der Waals surface area contributed by atoms with Gasteiger partial charge in [-0.05, 0) is 13.8 Å². The topological polar surface area (TPSA) is 64.4 Å². The van der Waals surface area contributed by atoms with Crippen molar-refractivity contribution < 1.29 is 4.42 Å². The summed E-state index contributed by atoms with van der Waals surface area (Å²) in [5.41, 5.74) is 5.33. The van der Waals surface area contributed by atoms with Crippen LogP contribution >= 0.6 is 0 Å². The van der Waals surface area contributed by atoms with Crippen LogP contribution in [0, 0.1) is 6.92 Å². The van der Waals surface area contributed by atoms with E-state index < -0.39 is 0 Å². The highest BCUT2D eigenvalue weighted by molar-refractivity contribution is 5.77. The number of hydrogen-bond donors (Lipinski definition) is 1. The fraction of sp³-hybridized carbons (Fsp3) is 0.429. The molecule has 0 atom stereocenters. The van der Waals surface area contributed by atoms with Crippen LogP contribution in [-0.4, -0.2) is 10.8 Å². The van der Waals surface area contributed by atoms with E-state index in [9.17, 15) is 0 Å². The van der Waals surface area contributed by atoms with Crippen LogP contribution in [0.1, 0.15) is 18.6 Å². The molecule has 0 bridgehead atoms.